The van der Waals surface area contributed by atoms with Gasteiger partial charge in [0.05, 0.1) is 12.3 Å². The molecule has 0 amide bonds. The third-order valence-electron chi connectivity index (χ3n) is 4.08. The summed E-state index contributed by atoms with van der Waals surface area (Å²) in [5.41, 5.74) is 1.61. The Labute approximate surface area is 181 Å². The highest BCUT2D eigenvalue weighted by Gasteiger charge is 2.31. The van der Waals surface area contributed by atoms with Crippen molar-refractivity contribution >= 4 is 29.2 Å². The van der Waals surface area contributed by atoms with Gasteiger partial charge in [0, 0.05) is 28.3 Å². The molecule has 2 aromatic carbocycles. The molecule has 3 aromatic rings. The number of nitrogens with zero attached hydrogens (tertiary/aromatic N) is 2. The molecule has 0 aliphatic heterocycles. The van der Waals surface area contributed by atoms with E-state index in [-0.39, 0.29) is 24.3 Å². The molecule has 0 saturated heterocycles. The van der Waals surface area contributed by atoms with Crippen LogP contribution in [0.3, 0.4) is 0 Å². The molecule has 10 heteroatoms. The number of thioether (sulfide) groups is 1. The molecule has 6 nitrogen and oxygen atoms in total. The lowest BCUT2D eigenvalue weighted by molar-refractivity contribution is -0.274. The number of anilines is 3. The van der Waals surface area contributed by atoms with Crippen molar-refractivity contribution in [1.29, 1.82) is 0 Å². The standard InChI is InChI=1S/C21H21F3N4O2S/c1-13(12-29)25-20-27-18(14-5-3-7-16(9-14)30-21(22,23)24)11-19(28-20)26-15-6-4-8-17(10-15)31-2/h3-11,13,29H,12H2,1-2H3,(H2,25,26,27,28)/t13-/m1/s1. The Bertz CT molecular complexity index is 1030. The van der Waals surface area contributed by atoms with Crippen LogP contribution in [0.15, 0.2) is 59.5 Å². The number of halogens is 3. The molecule has 0 unspecified atom stereocenters. The zero-order chi connectivity index (χ0) is 22.4. The number of ether oxygens (including phenoxy) is 1. The van der Waals surface area contributed by atoms with E-state index in [4.69, 9.17) is 0 Å². The van der Waals surface area contributed by atoms with Gasteiger partial charge in [0.25, 0.3) is 0 Å². The predicted molar refractivity (Wildman–Crippen MR) is 116 cm³/mol. The number of rotatable bonds is 8. The Morgan fingerprint density at radius 2 is 1.87 bits per heavy atom. The van der Waals surface area contributed by atoms with E-state index in [0.717, 1.165) is 10.6 Å². The summed E-state index contributed by atoms with van der Waals surface area (Å²) in [5.74, 6) is 0.326. The van der Waals surface area contributed by atoms with Crippen molar-refractivity contribution in [2.45, 2.75) is 24.2 Å². The fourth-order valence-electron chi connectivity index (χ4n) is 2.69. The Morgan fingerprint density at radius 3 is 2.58 bits per heavy atom. The summed E-state index contributed by atoms with van der Waals surface area (Å²) in [5, 5.41) is 15.5. The van der Waals surface area contributed by atoms with Crippen molar-refractivity contribution in [2.24, 2.45) is 0 Å². The zero-order valence-corrected chi connectivity index (χ0v) is 17.6. The second-order valence-electron chi connectivity index (χ2n) is 6.62. The van der Waals surface area contributed by atoms with Crippen LogP contribution in [0, 0.1) is 0 Å². The molecular weight excluding hydrogens is 429 g/mol. The fraction of sp³-hybridized carbons (Fsp3) is 0.238. The normalized spacial score (nSPS) is 12.3. The lowest BCUT2D eigenvalue weighted by atomic mass is 10.1. The highest BCUT2D eigenvalue weighted by molar-refractivity contribution is 7.98. The van der Waals surface area contributed by atoms with Crippen LogP contribution < -0.4 is 15.4 Å². The third kappa shape index (κ3) is 6.76. The van der Waals surface area contributed by atoms with E-state index in [2.05, 4.69) is 25.3 Å². The van der Waals surface area contributed by atoms with Crippen molar-refractivity contribution in [2.75, 3.05) is 23.5 Å². The van der Waals surface area contributed by atoms with E-state index in [9.17, 15) is 18.3 Å². The van der Waals surface area contributed by atoms with Crippen LogP contribution in [-0.2, 0) is 0 Å². The van der Waals surface area contributed by atoms with Crippen molar-refractivity contribution < 1.29 is 23.0 Å². The number of aromatic nitrogens is 2. The smallest absolute Gasteiger partial charge is 0.406 e. The molecule has 3 N–H and O–H groups in total. The Hall–Kier alpha value is -2.98. The van der Waals surface area contributed by atoms with Crippen molar-refractivity contribution in [1.82, 2.24) is 9.97 Å². The summed E-state index contributed by atoms with van der Waals surface area (Å²) in [6.45, 7) is 1.61. The van der Waals surface area contributed by atoms with E-state index in [1.807, 2.05) is 30.5 Å². The molecule has 3 rings (SSSR count). The average molecular weight is 450 g/mol. The Balaban J connectivity index is 1.98. The maximum Gasteiger partial charge on any atom is 0.573 e. The number of nitrogens with one attached hydrogen (secondary N) is 2. The molecule has 1 atom stereocenters. The third-order valence-corrected chi connectivity index (χ3v) is 4.81. The second kappa shape index (κ2) is 9.88. The van der Waals surface area contributed by atoms with Crippen molar-refractivity contribution in [3.05, 3.63) is 54.6 Å². The minimum absolute atomic E-state index is 0.138. The molecule has 0 spiro atoms. The van der Waals surface area contributed by atoms with Crippen LogP contribution in [0.25, 0.3) is 11.3 Å². The quantitative estimate of drug-likeness (QED) is 0.402. The van der Waals surface area contributed by atoms with Gasteiger partial charge in [-0.05, 0) is 43.5 Å². The van der Waals surface area contributed by atoms with Gasteiger partial charge in [-0.15, -0.1) is 24.9 Å². The summed E-state index contributed by atoms with van der Waals surface area (Å²) in [6, 6.07) is 14.6. The summed E-state index contributed by atoms with van der Waals surface area (Å²) in [6.07, 6.45) is -2.82. The van der Waals surface area contributed by atoms with Crippen LogP contribution in [0.5, 0.6) is 5.75 Å². The largest absolute Gasteiger partial charge is 0.573 e. The number of hydrogen-bond acceptors (Lipinski definition) is 7. The Morgan fingerprint density at radius 1 is 1.10 bits per heavy atom. The van der Waals surface area contributed by atoms with Gasteiger partial charge in [-0.3, -0.25) is 0 Å². The summed E-state index contributed by atoms with van der Waals surface area (Å²) < 4.78 is 41.8. The molecule has 0 aliphatic carbocycles. The van der Waals surface area contributed by atoms with Gasteiger partial charge in [-0.2, -0.15) is 4.98 Å². The number of aliphatic hydroxyl groups is 1. The lowest BCUT2D eigenvalue weighted by Crippen LogP contribution is -2.21. The molecule has 1 heterocycles. The number of aliphatic hydroxyl groups excluding tert-OH is 1. The van der Waals surface area contributed by atoms with Gasteiger partial charge >= 0.3 is 6.36 Å². The van der Waals surface area contributed by atoms with Crippen molar-refractivity contribution in [3.63, 3.8) is 0 Å². The molecule has 0 aliphatic rings. The first kappa shape index (κ1) is 22.7. The van der Waals surface area contributed by atoms with E-state index < -0.39 is 6.36 Å². The zero-order valence-electron chi connectivity index (χ0n) is 16.8. The number of alkyl halides is 3. The molecule has 164 valence electrons. The summed E-state index contributed by atoms with van der Waals surface area (Å²) in [7, 11) is 0. The van der Waals surface area contributed by atoms with Gasteiger partial charge in [0.1, 0.15) is 11.6 Å². The van der Waals surface area contributed by atoms with Crippen LogP contribution in [0.1, 0.15) is 6.92 Å². The van der Waals surface area contributed by atoms with Crippen molar-refractivity contribution in [3.8, 4) is 17.0 Å². The van der Waals surface area contributed by atoms with Gasteiger partial charge < -0.3 is 20.5 Å². The summed E-state index contributed by atoms with van der Waals surface area (Å²) in [4.78, 5) is 9.87. The van der Waals surface area contributed by atoms with Crippen LogP contribution in [0.4, 0.5) is 30.6 Å². The van der Waals surface area contributed by atoms with E-state index >= 15 is 0 Å². The average Bonchev–Trinajstić information content (AvgIpc) is 2.72. The van der Waals surface area contributed by atoms with E-state index in [0.29, 0.717) is 17.1 Å². The van der Waals surface area contributed by atoms with E-state index in [1.54, 1.807) is 30.8 Å². The molecule has 31 heavy (non-hydrogen) atoms. The second-order valence-corrected chi connectivity index (χ2v) is 7.50. The first-order chi connectivity index (χ1) is 14.8. The number of hydrogen-bond donors (Lipinski definition) is 3. The Kier molecular flexibility index (Phi) is 7.24. The van der Waals surface area contributed by atoms with Gasteiger partial charge in [-0.25, -0.2) is 4.98 Å². The van der Waals surface area contributed by atoms with Crippen LogP contribution in [-0.4, -0.2) is 40.3 Å². The number of benzene rings is 2. The van der Waals surface area contributed by atoms with E-state index in [1.165, 1.54) is 18.2 Å². The molecule has 0 radical (unpaired) electrons. The molecule has 0 fully saturated rings. The highest BCUT2D eigenvalue weighted by atomic mass is 32.2. The predicted octanol–water partition coefficient (Wildman–Crippen LogP) is 5.30. The first-order valence-electron chi connectivity index (χ1n) is 9.29. The van der Waals surface area contributed by atoms with Crippen LogP contribution >= 0.6 is 11.8 Å². The van der Waals surface area contributed by atoms with Gasteiger partial charge in [0.2, 0.25) is 5.95 Å². The maximum absolute atomic E-state index is 12.6. The highest BCUT2D eigenvalue weighted by Crippen LogP contribution is 2.30. The monoisotopic (exact) mass is 450 g/mol. The molecule has 0 bridgehead atoms. The first-order valence-corrected chi connectivity index (χ1v) is 10.5. The fourth-order valence-corrected chi connectivity index (χ4v) is 3.15. The van der Waals surface area contributed by atoms with Gasteiger partial charge in [0.15, 0.2) is 0 Å². The maximum atomic E-state index is 12.6. The van der Waals surface area contributed by atoms with Gasteiger partial charge in [-0.1, -0.05) is 18.2 Å². The molecule has 1 aromatic heterocycles. The topological polar surface area (TPSA) is 79.3 Å². The SMILES string of the molecule is CSc1cccc(Nc2cc(-c3cccc(OC(F)(F)F)c3)nc(N[C@H](C)CO)n2)c1. The minimum Gasteiger partial charge on any atom is -0.406 e. The summed E-state index contributed by atoms with van der Waals surface area (Å²) >= 11 is 1.60. The van der Waals surface area contributed by atoms with Crippen LogP contribution in [0.2, 0.25) is 0 Å². The molecule has 0 saturated carbocycles. The minimum atomic E-state index is -4.79. The molecular formula is C21H21F3N4O2S. The lowest BCUT2D eigenvalue weighted by Gasteiger charge is -2.15.